The molecule has 0 spiro atoms. The first kappa shape index (κ1) is 43.1. The zero-order chi connectivity index (χ0) is 43.9. The number of β-lactam (4-membered cyclic amide) rings is 1. The lowest BCUT2D eigenvalue weighted by Crippen LogP contribution is -2.58. The summed E-state index contributed by atoms with van der Waals surface area (Å²) in [5, 5.41) is 5.25. The maximum absolute atomic E-state index is 14.7. The van der Waals surface area contributed by atoms with Gasteiger partial charge in [0.2, 0.25) is 33.7 Å². The number of amides is 6. The minimum atomic E-state index is -3.97. The zero-order valence-electron chi connectivity index (χ0n) is 34.5. The number of benzene rings is 2. The summed E-state index contributed by atoms with van der Waals surface area (Å²) in [7, 11) is -2.43. The highest BCUT2D eigenvalue weighted by Crippen LogP contribution is 2.46. The molecule has 0 radical (unpaired) electrons. The van der Waals surface area contributed by atoms with E-state index in [2.05, 4.69) is 21.9 Å². The number of sulfonamides is 1. The Kier molecular flexibility index (Phi) is 11.8. The van der Waals surface area contributed by atoms with E-state index < -0.39 is 80.2 Å². The second-order valence-electron chi connectivity index (χ2n) is 16.8. The van der Waals surface area contributed by atoms with Crippen molar-refractivity contribution in [1.29, 1.82) is 0 Å². The molecule has 1 aromatic heterocycles. The van der Waals surface area contributed by atoms with E-state index >= 15 is 0 Å². The van der Waals surface area contributed by atoms with Crippen LogP contribution in [0.2, 0.25) is 0 Å². The number of rotatable bonds is 15. The molecule has 18 heteroatoms. The average Bonchev–Trinajstić information content (AvgIpc) is 4.14. The predicted octanol–water partition coefficient (Wildman–Crippen LogP) is 3.36. The van der Waals surface area contributed by atoms with Crippen LogP contribution in [0.3, 0.4) is 0 Å². The summed E-state index contributed by atoms with van der Waals surface area (Å²) >= 11 is 0. The number of methoxy groups -OCH3 is 1. The van der Waals surface area contributed by atoms with Crippen molar-refractivity contribution < 1.29 is 51.4 Å². The molecule has 2 saturated heterocycles. The fourth-order valence-electron chi connectivity index (χ4n) is 7.62. The van der Waals surface area contributed by atoms with E-state index in [1.54, 1.807) is 52.1 Å². The Morgan fingerprint density at radius 2 is 1.80 bits per heavy atom. The van der Waals surface area contributed by atoms with Crippen molar-refractivity contribution in [3.05, 3.63) is 67.3 Å². The van der Waals surface area contributed by atoms with Crippen molar-refractivity contribution in [1.82, 2.24) is 30.1 Å². The van der Waals surface area contributed by atoms with Crippen molar-refractivity contribution in [2.75, 3.05) is 20.2 Å². The van der Waals surface area contributed by atoms with E-state index in [0.29, 0.717) is 40.9 Å². The molecule has 4 fully saturated rings. The lowest BCUT2D eigenvalue weighted by Gasteiger charge is -2.31. The number of nitrogens with zero attached hydrogens (tertiary/aromatic N) is 3. The quantitative estimate of drug-likeness (QED) is 0.148. The highest BCUT2D eigenvalue weighted by atomic mass is 32.2. The summed E-state index contributed by atoms with van der Waals surface area (Å²) in [4.78, 5) is 88.2. The summed E-state index contributed by atoms with van der Waals surface area (Å²) in [6, 6.07) is 13.8. The van der Waals surface area contributed by atoms with Gasteiger partial charge in [0.1, 0.15) is 40.8 Å². The molecule has 2 saturated carbocycles. The van der Waals surface area contributed by atoms with Crippen molar-refractivity contribution in [2.24, 2.45) is 5.92 Å². The molecule has 3 N–H and O–H groups in total. The Hall–Kier alpha value is -6.04. The van der Waals surface area contributed by atoms with Crippen LogP contribution in [-0.2, 0) is 38.7 Å². The fraction of sp³-hybridized carbons (Fsp3) is 0.465. The Morgan fingerprint density at radius 3 is 2.41 bits per heavy atom. The van der Waals surface area contributed by atoms with Gasteiger partial charge in [0.15, 0.2) is 0 Å². The van der Waals surface area contributed by atoms with Gasteiger partial charge in [0.25, 0.3) is 5.91 Å². The number of alkyl carbamates (subject to hydrolysis) is 1. The van der Waals surface area contributed by atoms with E-state index in [-0.39, 0.29) is 51.1 Å². The second kappa shape index (κ2) is 16.8. The zero-order valence-corrected chi connectivity index (χ0v) is 35.3. The minimum Gasteiger partial charge on any atom is -0.497 e. The van der Waals surface area contributed by atoms with Crippen LogP contribution in [0.15, 0.2) is 67.3 Å². The summed E-state index contributed by atoms with van der Waals surface area (Å²) in [6.45, 7) is 8.77. The van der Waals surface area contributed by atoms with Crippen LogP contribution in [0, 0.1) is 5.92 Å². The van der Waals surface area contributed by atoms with E-state index in [4.69, 9.17) is 19.2 Å². The number of imide groups is 1. The van der Waals surface area contributed by atoms with Crippen molar-refractivity contribution in [3.63, 3.8) is 0 Å². The number of hydrogen-bond donors (Lipinski definition) is 3. The van der Waals surface area contributed by atoms with E-state index in [9.17, 15) is 37.2 Å². The number of carbonyl (C=O) groups is 6. The van der Waals surface area contributed by atoms with Gasteiger partial charge in [0.05, 0.1) is 30.1 Å². The molecule has 3 aromatic rings. The Labute approximate surface area is 353 Å². The normalized spacial score (nSPS) is 22.7. The van der Waals surface area contributed by atoms with E-state index in [0.717, 1.165) is 10.5 Å². The molecule has 7 rings (SSSR count). The van der Waals surface area contributed by atoms with Crippen LogP contribution in [0.1, 0.15) is 65.7 Å². The molecule has 324 valence electrons. The van der Waals surface area contributed by atoms with Gasteiger partial charge in [0, 0.05) is 54.8 Å². The first-order valence-electron chi connectivity index (χ1n) is 20.3. The van der Waals surface area contributed by atoms with Crippen LogP contribution >= 0.6 is 0 Å². The average molecular weight is 859 g/mol. The number of hydrogen-bond acceptors (Lipinski definition) is 12. The first-order valence-corrected chi connectivity index (χ1v) is 21.8. The second-order valence-corrected chi connectivity index (χ2v) is 18.8. The van der Waals surface area contributed by atoms with Gasteiger partial charge in [-0.1, -0.05) is 36.4 Å². The topological polar surface area (TPSA) is 220 Å². The van der Waals surface area contributed by atoms with Gasteiger partial charge in [-0.2, -0.15) is 0 Å². The van der Waals surface area contributed by atoms with Crippen LogP contribution in [0.4, 0.5) is 4.79 Å². The van der Waals surface area contributed by atoms with Crippen molar-refractivity contribution in [3.8, 4) is 22.8 Å². The predicted molar refractivity (Wildman–Crippen MR) is 221 cm³/mol. The first-order chi connectivity index (χ1) is 28.9. The molecular formula is C43H50N6O11S. The molecule has 2 aliphatic carbocycles. The van der Waals surface area contributed by atoms with Gasteiger partial charge < -0.3 is 29.7 Å². The van der Waals surface area contributed by atoms with Gasteiger partial charge in [-0.3, -0.25) is 33.6 Å². The highest BCUT2D eigenvalue weighted by Gasteiger charge is 2.62. The molecule has 3 heterocycles. The monoisotopic (exact) mass is 858 g/mol. The van der Waals surface area contributed by atoms with Crippen LogP contribution in [0.5, 0.6) is 11.5 Å². The molecule has 2 aliphatic heterocycles. The number of aromatic nitrogens is 1. The van der Waals surface area contributed by atoms with Crippen molar-refractivity contribution >= 4 is 56.6 Å². The number of pyridine rings is 1. The molecular weight excluding hydrogens is 809 g/mol. The molecule has 6 amide bonds. The third kappa shape index (κ3) is 9.48. The lowest BCUT2D eigenvalue weighted by molar-refractivity contribution is -0.152. The number of nitrogens with one attached hydrogen (secondary N) is 3. The third-order valence-corrected chi connectivity index (χ3v) is 13.0. The summed E-state index contributed by atoms with van der Waals surface area (Å²) in [6.07, 6.45) is 0.196. The number of fused-ring (bicyclic) bond motifs is 1. The number of carbonyl (C=O) groups excluding carboxylic acids is 6. The van der Waals surface area contributed by atoms with E-state index in [1.165, 1.54) is 11.0 Å². The third-order valence-electron chi connectivity index (χ3n) is 11.2. The van der Waals surface area contributed by atoms with Gasteiger partial charge >= 0.3 is 6.09 Å². The molecule has 61 heavy (non-hydrogen) atoms. The lowest BCUT2D eigenvalue weighted by atomic mass is 10.1. The maximum atomic E-state index is 14.7. The van der Waals surface area contributed by atoms with Gasteiger partial charge in [-0.05, 0) is 58.6 Å². The molecule has 4 aliphatic rings. The van der Waals surface area contributed by atoms with E-state index in [1.807, 2.05) is 30.3 Å². The number of likely N-dealkylation sites (tertiary alicyclic amines) is 2. The minimum absolute atomic E-state index is 0.0732. The summed E-state index contributed by atoms with van der Waals surface area (Å²) < 4.78 is 45.4. The Balaban J connectivity index is 1.21. The maximum Gasteiger partial charge on any atom is 0.408 e. The van der Waals surface area contributed by atoms with Gasteiger partial charge in [-0.15, -0.1) is 6.58 Å². The molecule has 17 nitrogen and oxygen atoms in total. The highest BCUT2D eigenvalue weighted by molar-refractivity contribution is 7.91. The molecule has 0 unspecified atom stereocenters. The fourth-order valence-corrected chi connectivity index (χ4v) is 8.98. The standard InChI is InChI=1S/C43H50N6O11S/c1-6-26-23-43(26,40(54)47-61(56,57)29-13-14-29)46-38(52)34-21-28(59-35-22-32(25-10-8-7-9-11-25)44-33-20-27(58-5)12-15-30(33)35)24-49(34)39(53)31(45-41(55)60-42(2,3)4)16-17-36(50)48-19-18-37(48)51/h6-12,15,20,22,26,28-29,31,34H,1,13-14,16-19,21,23-24H2,2-5H3,(H,45,55)(H,46,52)(H,47,54)/t26-,28-,31+,34+,43-/m1/s1. The molecule has 5 atom stereocenters. The van der Waals surface area contributed by atoms with Gasteiger partial charge in [-0.25, -0.2) is 18.2 Å². The van der Waals surface area contributed by atoms with Crippen LogP contribution in [0.25, 0.3) is 22.2 Å². The van der Waals surface area contributed by atoms with Crippen LogP contribution in [-0.4, -0.2) is 114 Å². The largest absolute Gasteiger partial charge is 0.497 e. The van der Waals surface area contributed by atoms with Crippen LogP contribution < -0.4 is 24.8 Å². The number of ether oxygens (including phenoxy) is 3. The SMILES string of the molecule is C=C[C@@H]1C[C@]1(NC(=O)[C@@H]1C[C@@H](Oc2cc(-c3ccccc3)nc3cc(OC)ccc23)CN1C(=O)[C@H](CCC(=O)N1CCC1=O)NC(=O)OC(C)(C)C)C(=O)NS(=O)(=O)C1CC1. The van der Waals surface area contributed by atoms with Crippen molar-refractivity contribution in [2.45, 2.75) is 100 Å². The summed E-state index contributed by atoms with van der Waals surface area (Å²) in [5.41, 5.74) is -0.653. The summed E-state index contributed by atoms with van der Waals surface area (Å²) in [5.74, 6) is -2.93. The molecule has 0 bridgehead atoms. The molecule has 2 aromatic carbocycles. The Morgan fingerprint density at radius 1 is 1.07 bits per heavy atom. The smallest absolute Gasteiger partial charge is 0.408 e. The Bertz CT molecular complexity index is 2380.